The van der Waals surface area contributed by atoms with E-state index in [1.54, 1.807) is 18.3 Å². The highest BCUT2D eigenvalue weighted by atomic mass is 16.5. The Balaban J connectivity index is 1.61. The van der Waals surface area contributed by atoms with Gasteiger partial charge in [0, 0.05) is 31.8 Å². The van der Waals surface area contributed by atoms with Gasteiger partial charge >= 0.3 is 0 Å². The van der Waals surface area contributed by atoms with Crippen LogP contribution in [0.1, 0.15) is 36.5 Å². The van der Waals surface area contributed by atoms with Crippen molar-refractivity contribution in [3.63, 3.8) is 0 Å². The number of pyridine rings is 1. The first-order valence-electron chi connectivity index (χ1n) is 7.72. The third-order valence-corrected chi connectivity index (χ3v) is 4.10. The summed E-state index contributed by atoms with van der Waals surface area (Å²) in [4.78, 5) is 18.6. The number of aromatic nitrogens is 1. The third kappa shape index (κ3) is 3.53. The van der Waals surface area contributed by atoms with E-state index < -0.39 is 0 Å². The summed E-state index contributed by atoms with van der Waals surface area (Å²) >= 11 is 0. The van der Waals surface area contributed by atoms with E-state index in [0.29, 0.717) is 24.0 Å². The molecule has 2 aliphatic rings. The van der Waals surface area contributed by atoms with Gasteiger partial charge in [-0.3, -0.25) is 4.79 Å². The van der Waals surface area contributed by atoms with Crippen LogP contribution in [0.2, 0.25) is 0 Å². The van der Waals surface area contributed by atoms with Gasteiger partial charge in [0.1, 0.15) is 6.10 Å². The Kier molecular flexibility index (Phi) is 4.39. The Labute approximate surface area is 125 Å². The molecule has 21 heavy (non-hydrogen) atoms. The SMILES string of the molecule is CC1CCCN(C(=O)c2ccc(OC3CCOC3)nc2)C1. The highest BCUT2D eigenvalue weighted by molar-refractivity contribution is 5.94. The van der Waals surface area contributed by atoms with Crippen LogP contribution in [0.5, 0.6) is 5.88 Å². The van der Waals surface area contributed by atoms with E-state index in [2.05, 4.69) is 11.9 Å². The smallest absolute Gasteiger partial charge is 0.255 e. The number of rotatable bonds is 3. The lowest BCUT2D eigenvalue weighted by Crippen LogP contribution is -2.39. The number of amides is 1. The Morgan fingerprint density at radius 2 is 2.33 bits per heavy atom. The van der Waals surface area contributed by atoms with Crippen molar-refractivity contribution in [2.75, 3.05) is 26.3 Å². The van der Waals surface area contributed by atoms with Crippen LogP contribution >= 0.6 is 0 Å². The quantitative estimate of drug-likeness (QED) is 0.855. The van der Waals surface area contributed by atoms with Crippen molar-refractivity contribution in [2.45, 2.75) is 32.3 Å². The fraction of sp³-hybridized carbons (Fsp3) is 0.625. The van der Waals surface area contributed by atoms with Crippen molar-refractivity contribution < 1.29 is 14.3 Å². The van der Waals surface area contributed by atoms with Crippen molar-refractivity contribution in [3.05, 3.63) is 23.9 Å². The maximum Gasteiger partial charge on any atom is 0.255 e. The molecule has 5 nitrogen and oxygen atoms in total. The van der Waals surface area contributed by atoms with Crippen molar-refractivity contribution in [1.29, 1.82) is 0 Å². The first-order chi connectivity index (χ1) is 10.2. The van der Waals surface area contributed by atoms with E-state index in [4.69, 9.17) is 9.47 Å². The van der Waals surface area contributed by atoms with E-state index in [0.717, 1.165) is 32.5 Å². The zero-order chi connectivity index (χ0) is 14.7. The van der Waals surface area contributed by atoms with Gasteiger partial charge in [-0.1, -0.05) is 6.92 Å². The van der Waals surface area contributed by atoms with Crippen molar-refractivity contribution in [2.24, 2.45) is 5.92 Å². The molecule has 0 aromatic carbocycles. The second kappa shape index (κ2) is 6.43. The molecule has 0 spiro atoms. The Morgan fingerprint density at radius 3 is 3.00 bits per heavy atom. The Hall–Kier alpha value is -1.62. The van der Waals surface area contributed by atoms with Gasteiger partial charge in [-0.2, -0.15) is 0 Å². The first-order valence-corrected chi connectivity index (χ1v) is 7.72. The Bertz CT molecular complexity index is 483. The molecule has 2 unspecified atom stereocenters. The zero-order valence-corrected chi connectivity index (χ0v) is 12.5. The highest BCUT2D eigenvalue weighted by Crippen LogP contribution is 2.19. The van der Waals surface area contributed by atoms with E-state index in [-0.39, 0.29) is 12.0 Å². The summed E-state index contributed by atoms with van der Waals surface area (Å²) in [6.07, 6.45) is 4.89. The fourth-order valence-electron chi connectivity index (χ4n) is 2.91. The number of likely N-dealkylation sites (tertiary alicyclic amines) is 1. The molecule has 0 N–H and O–H groups in total. The monoisotopic (exact) mass is 290 g/mol. The standard InChI is InChI=1S/C16H22N2O3/c1-12-3-2-7-18(10-12)16(19)13-4-5-15(17-9-13)21-14-6-8-20-11-14/h4-5,9,12,14H,2-3,6-8,10-11H2,1H3. The van der Waals surface area contributed by atoms with Gasteiger partial charge in [0.05, 0.1) is 18.8 Å². The fourth-order valence-corrected chi connectivity index (χ4v) is 2.91. The molecule has 0 radical (unpaired) electrons. The molecule has 1 aromatic rings. The van der Waals surface area contributed by atoms with Gasteiger partial charge in [0.15, 0.2) is 0 Å². The molecule has 3 heterocycles. The minimum atomic E-state index is 0.0739. The summed E-state index contributed by atoms with van der Waals surface area (Å²) in [5, 5.41) is 0. The lowest BCUT2D eigenvalue weighted by Gasteiger charge is -2.30. The van der Waals surface area contributed by atoms with E-state index in [1.165, 1.54) is 6.42 Å². The molecule has 0 aliphatic carbocycles. The van der Waals surface area contributed by atoms with E-state index in [1.807, 2.05) is 4.90 Å². The number of ether oxygens (including phenoxy) is 2. The van der Waals surface area contributed by atoms with E-state index in [9.17, 15) is 4.79 Å². The highest BCUT2D eigenvalue weighted by Gasteiger charge is 2.22. The summed E-state index contributed by atoms with van der Waals surface area (Å²) in [5.41, 5.74) is 0.638. The molecular weight excluding hydrogens is 268 g/mol. The molecule has 1 amide bonds. The van der Waals surface area contributed by atoms with Crippen LogP contribution in [-0.4, -0.2) is 48.2 Å². The van der Waals surface area contributed by atoms with Crippen LogP contribution in [0.15, 0.2) is 18.3 Å². The summed E-state index contributed by atoms with van der Waals surface area (Å²) in [7, 11) is 0. The minimum Gasteiger partial charge on any atom is -0.472 e. The van der Waals surface area contributed by atoms with Crippen LogP contribution < -0.4 is 4.74 Å². The van der Waals surface area contributed by atoms with Gasteiger partial charge in [-0.05, 0) is 24.8 Å². The van der Waals surface area contributed by atoms with Gasteiger partial charge in [0.25, 0.3) is 5.91 Å². The number of hydrogen-bond acceptors (Lipinski definition) is 4. The predicted octanol–water partition coefficient (Wildman–Crippen LogP) is 2.12. The Morgan fingerprint density at radius 1 is 1.43 bits per heavy atom. The van der Waals surface area contributed by atoms with Gasteiger partial charge in [0.2, 0.25) is 5.88 Å². The summed E-state index contributed by atoms with van der Waals surface area (Å²) in [6.45, 7) is 5.25. The molecule has 0 saturated carbocycles. The van der Waals surface area contributed by atoms with Crippen molar-refractivity contribution >= 4 is 5.91 Å². The normalized spacial score (nSPS) is 25.9. The average molecular weight is 290 g/mol. The minimum absolute atomic E-state index is 0.0739. The molecule has 2 fully saturated rings. The van der Waals surface area contributed by atoms with E-state index >= 15 is 0 Å². The second-order valence-electron chi connectivity index (χ2n) is 5.99. The topological polar surface area (TPSA) is 51.7 Å². The molecule has 5 heteroatoms. The largest absolute Gasteiger partial charge is 0.472 e. The molecular formula is C16H22N2O3. The number of nitrogens with zero attached hydrogens (tertiary/aromatic N) is 2. The van der Waals surface area contributed by atoms with Crippen LogP contribution in [0.25, 0.3) is 0 Å². The molecule has 0 bridgehead atoms. The average Bonchev–Trinajstić information content (AvgIpc) is 3.00. The maximum atomic E-state index is 12.4. The molecule has 2 saturated heterocycles. The molecule has 114 valence electrons. The predicted molar refractivity (Wildman–Crippen MR) is 78.4 cm³/mol. The summed E-state index contributed by atoms with van der Waals surface area (Å²) in [6, 6.07) is 3.58. The van der Waals surface area contributed by atoms with Crippen LogP contribution in [0, 0.1) is 5.92 Å². The lowest BCUT2D eigenvalue weighted by atomic mass is 10.00. The number of carbonyl (C=O) groups excluding carboxylic acids is 1. The molecule has 1 aromatic heterocycles. The maximum absolute atomic E-state index is 12.4. The van der Waals surface area contributed by atoms with Crippen molar-refractivity contribution in [1.82, 2.24) is 9.88 Å². The number of carbonyl (C=O) groups is 1. The van der Waals surface area contributed by atoms with Gasteiger partial charge in [-0.15, -0.1) is 0 Å². The van der Waals surface area contributed by atoms with Crippen LogP contribution in [-0.2, 0) is 4.74 Å². The summed E-state index contributed by atoms with van der Waals surface area (Å²) in [5.74, 6) is 1.22. The molecule has 2 aliphatic heterocycles. The second-order valence-corrected chi connectivity index (χ2v) is 5.99. The third-order valence-electron chi connectivity index (χ3n) is 4.10. The lowest BCUT2D eigenvalue weighted by molar-refractivity contribution is 0.0682. The van der Waals surface area contributed by atoms with Gasteiger partial charge < -0.3 is 14.4 Å². The number of piperidine rings is 1. The molecule has 2 atom stereocenters. The van der Waals surface area contributed by atoms with Crippen molar-refractivity contribution in [3.8, 4) is 5.88 Å². The van der Waals surface area contributed by atoms with Gasteiger partial charge in [-0.25, -0.2) is 4.98 Å². The van der Waals surface area contributed by atoms with Crippen LogP contribution in [0.3, 0.4) is 0 Å². The first kappa shape index (κ1) is 14.3. The number of hydrogen-bond donors (Lipinski definition) is 0. The molecule has 3 rings (SSSR count). The van der Waals surface area contributed by atoms with Crippen LogP contribution in [0.4, 0.5) is 0 Å². The zero-order valence-electron chi connectivity index (χ0n) is 12.5. The summed E-state index contributed by atoms with van der Waals surface area (Å²) < 4.78 is 11.0.